The Kier molecular flexibility index (Phi) is 4.20. The van der Waals surface area contributed by atoms with E-state index in [-0.39, 0.29) is 17.6 Å². The van der Waals surface area contributed by atoms with Gasteiger partial charge in [0.05, 0.1) is 5.69 Å². The van der Waals surface area contributed by atoms with Gasteiger partial charge in [-0.15, -0.1) is 0 Å². The van der Waals surface area contributed by atoms with Crippen molar-refractivity contribution in [2.75, 3.05) is 18.0 Å². The number of anilines is 1. The second-order valence-electron chi connectivity index (χ2n) is 5.79. The number of aromatic nitrogens is 2. The molecule has 1 aliphatic heterocycles. The van der Waals surface area contributed by atoms with E-state index >= 15 is 0 Å². The highest BCUT2D eigenvalue weighted by Gasteiger charge is 2.26. The van der Waals surface area contributed by atoms with Gasteiger partial charge in [-0.25, -0.2) is 9.38 Å². The number of rotatable bonds is 4. The number of hydrogen-bond acceptors (Lipinski definition) is 5. The maximum atomic E-state index is 14.5. The van der Waals surface area contributed by atoms with Crippen LogP contribution in [-0.2, 0) is 7.05 Å². The Morgan fingerprint density at radius 2 is 2.25 bits per heavy atom. The Morgan fingerprint density at radius 3 is 2.88 bits per heavy atom. The molecular weight excluding hydrogens is 311 g/mol. The molecule has 0 aliphatic carbocycles. The molecule has 3 rings (SSSR count). The summed E-state index contributed by atoms with van der Waals surface area (Å²) in [6, 6.07) is 6.73. The summed E-state index contributed by atoms with van der Waals surface area (Å²) in [4.78, 5) is 5.85. The van der Waals surface area contributed by atoms with Crippen LogP contribution in [0.3, 0.4) is 0 Å². The number of benzene rings is 1. The average Bonchev–Trinajstić information content (AvgIpc) is 3.20. The number of aliphatic imine (C=N–C) groups is 1. The smallest absolute Gasteiger partial charge is 0.150 e. The molecule has 0 amide bonds. The lowest BCUT2D eigenvalue weighted by molar-refractivity contribution is 0.314. The molecule has 7 nitrogen and oxygen atoms in total. The van der Waals surface area contributed by atoms with Crippen LogP contribution in [0.15, 0.2) is 34.4 Å². The van der Waals surface area contributed by atoms with Crippen molar-refractivity contribution in [3.05, 3.63) is 30.1 Å². The molecule has 2 heterocycles. The quantitative estimate of drug-likeness (QED) is 0.389. The second kappa shape index (κ2) is 6.31. The zero-order valence-electron chi connectivity index (χ0n) is 13.4. The minimum Gasteiger partial charge on any atom is -0.409 e. The summed E-state index contributed by atoms with van der Waals surface area (Å²) in [6.45, 7) is 4.80. The Morgan fingerprint density at radius 1 is 1.46 bits per heavy atom. The van der Waals surface area contributed by atoms with Crippen molar-refractivity contribution in [2.24, 2.45) is 28.8 Å². The van der Waals surface area contributed by atoms with Crippen LogP contribution >= 0.6 is 0 Å². The third-order valence-corrected chi connectivity index (χ3v) is 4.33. The number of oxime groups is 1. The van der Waals surface area contributed by atoms with E-state index in [1.54, 1.807) is 23.9 Å². The molecule has 0 radical (unpaired) electrons. The van der Waals surface area contributed by atoms with Crippen molar-refractivity contribution in [3.8, 4) is 11.3 Å². The first kappa shape index (κ1) is 16.0. The number of halogens is 1. The van der Waals surface area contributed by atoms with Gasteiger partial charge in [0.1, 0.15) is 17.5 Å². The van der Waals surface area contributed by atoms with E-state index in [0.717, 1.165) is 18.7 Å². The van der Waals surface area contributed by atoms with Crippen LogP contribution in [0, 0.1) is 11.7 Å². The van der Waals surface area contributed by atoms with Crippen LogP contribution in [0.4, 0.5) is 15.9 Å². The summed E-state index contributed by atoms with van der Waals surface area (Å²) in [5, 5.41) is 16.1. The molecule has 0 bridgehead atoms. The summed E-state index contributed by atoms with van der Waals surface area (Å²) in [7, 11) is 1.73. The fourth-order valence-corrected chi connectivity index (χ4v) is 2.96. The number of nitrogens with zero attached hydrogens (tertiary/aromatic N) is 5. The first-order valence-corrected chi connectivity index (χ1v) is 7.56. The predicted molar refractivity (Wildman–Crippen MR) is 91.5 cm³/mol. The molecule has 1 aromatic carbocycles. The highest BCUT2D eigenvalue weighted by molar-refractivity contribution is 5.83. The molecule has 1 aromatic heterocycles. The molecule has 1 saturated heterocycles. The number of nitrogens with two attached hydrogens (primary N) is 1. The molecule has 1 aliphatic rings. The van der Waals surface area contributed by atoms with Gasteiger partial charge in [0.25, 0.3) is 0 Å². The average molecular weight is 330 g/mol. The SMILES string of the molecule is C=Nc1cc(-c2ccc(N3CC[C@H](/C(N)=N/O)C3)cc2F)nn1C. The fraction of sp³-hybridized carbons (Fsp3) is 0.312. The van der Waals surface area contributed by atoms with Crippen molar-refractivity contribution in [2.45, 2.75) is 6.42 Å². The molecule has 8 heteroatoms. The van der Waals surface area contributed by atoms with Gasteiger partial charge < -0.3 is 15.8 Å². The lowest BCUT2D eigenvalue weighted by Crippen LogP contribution is -2.27. The lowest BCUT2D eigenvalue weighted by Gasteiger charge is -2.19. The second-order valence-corrected chi connectivity index (χ2v) is 5.79. The van der Waals surface area contributed by atoms with E-state index in [2.05, 4.69) is 22.0 Å². The van der Waals surface area contributed by atoms with Gasteiger partial charge in [0.15, 0.2) is 0 Å². The van der Waals surface area contributed by atoms with E-state index in [4.69, 9.17) is 10.9 Å². The van der Waals surface area contributed by atoms with Gasteiger partial charge in [0, 0.05) is 43.4 Å². The lowest BCUT2D eigenvalue weighted by atomic mass is 10.1. The predicted octanol–water partition coefficient (Wildman–Crippen LogP) is 2.13. The first-order chi connectivity index (χ1) is 11.5. The van der Waals surface area contributed by atoms with Gasteiger partial charge in [-0.05, 0) is 31.3 Å². The third kappa shape index (κ3) is 2.82. The minimum absolute atomic E-state index is 0.0187. The molecule has 0 unspecified atom stereocenters. The maximum absolute atomic E-state index is 14.5. The van der Waals surface area contributed by atoms with Crippen molar-refractivity contribution >= 4 is 24.1 Å². The molecule has 0 spiro atoms. The van der Waals surface area contributed by atoms with Gasteiger partial charge in [0.2, 0.25) is 0 Å². The van der Waals surface area contributed by atoms with E-state index in [0.29, 0.717) is 23.6 Å². The molecule has 1 atom stereocenters. The van der Waals surface area contributed by atoms with Crippen molar-refractivity contribution in [3.63, 3.8) is 0 Å². The molecule has 3 N–H and O–H groups in total. The van der Waals surface area contributed by atoms with Crippen molar-refractivity contribution < 1.29 is 9.60 Å². The monoisotopic (exact) mass is 330 g/mol. The Hall–Kier alpha value is -2.90. The van der Waals surface area contributed by atoms with Crippen LogP contribution in [0.5, 0.6) is 0 Å². The normalized spacial score (nSPS) is 18.2. The van der Waals surface area contributed by atoms with Crippen LogP contribution in [0.1, 0.15) is 6.42 Å². The summed E-state index contributed by atoms with van der Waals surface area (Å²) in [5.41, 5.74) is 7.35. The van der Waals surface area contributed by atoms with Crippen LogP contribution < -0.4 is 10.6 Å². The standard InChI is InChI=1S/C16H19FN6O/c1-19-15-8-14(20-22(15)2)12-4-3-11(7-13(12)17)23-6-5-10(9-23)16(18)21-24/h3-4,7-8,10,24H,1,5-6,9H2,2H3,(H2,18,21)/t10-/m0/s1. The first-order valence-electron chi connectivity index (χ1n) is 7.56. The summed E-state index contributed by atoms with van der Waals surface area (Å²) < 4.78 is 16.1. The molecule has 126 valence electrons. The summed E-state index contributed by atoms with van der Waals surface area (Å²) >= 11 is 0. The third-order valence-electron chi connectivity index (χ3n) is 4.33. The molecule has 0 saturated carbocycles. The van der Waals surface area contributed by atoms with Gasteiger partial charge >= 0.3 is 0 Å². The molecular formula is C16H19FN6O. The molecule has 1 fully saturated rings. The number of hydrogen-bond donors (Lipinski definition) is 2. The van der Waals surface area contributed by atoms with Crippen LogP contribution in [0.25, 0.3) is 11.3 Å². The fourth-order valence-electron chi connectivity index (χ4n) is 2.96. The van der Waals surface area contributed by atoms with Crippen molar-refractivity contribution in [1.29, 1.82) is 0 Å². The van der Waals surface area contributed by atoms with Crippen LogP contribution in [-0.4, -0.2) is 40.6 Å². The maximum Gasteiger partial charge on any atom is 0.150 e. The molecule has 2 aromatic rings. The summed E-state index contributed by atoms with van der Waals surface area (Å²) in [6.07, 6.45) is 0.772. The van der Waals surface area contributed by atoms with E-state index < -0.39 is 0 Å². The Balaban J connectivity index is 1.84. The Bertz CT molecular complexity index is 800. The largest absolute Gasteiger partial charge is 0.409 e. The zero-order valence-corrected chi connectivity index (χ0v) is 13.4. The van der Waals surface area contributed by atoms with E-state index in [1.165, 1.54) is 6.07 Å². The zero-order chi connectivity index (χ0) is 17.3. The number of aryl methyl sites for hydroxylation is 1. The van der Waals surface area contributed by atoms with Gasteiger partial charge in [-0.3, -0.25) is 4.68 Å². The topological polar surface area (TPSA) is 92.0 Å². The van der Waals surface area contributed by atoms with Crippen LogP contribution in [0.2, 0.25) is 0 Å². The highest BCUT2D eigenvalue weighted by Crippen LogP contribution is 2.30. The van der Waals surface area contributed by atoms with Gasteiger partial charge in [-0.1, -0.05) is 5.16 Å². The van der Waals surface area contributed by atoms with Gasteiger partial charge in [-0.2, -0.15) is 5.10 Å². The molecule has 24 heavy (non-hydrogen) atoms. The van der Waals surface area contributed by atoms with Crippen molar-refractivity contribution in [1.82, 2.24) is 9.78 Å². The number of amidine groups is 1. The van der Waals surface area contributed by atoms with E-state index in [9.17, 15) is 4.39 Å². The Labute approximate surface area is 138 Å². The highest BCUT2D eigenvalue weighted by atomic mass is 19.1. The minimum atomic E-state index is -0.353. The summed E-state index contributed by atoms with van der Waals surface area (Å²) in [5.74, 6) is 0.422. The van der Waals surface area contributed by atoms with E-state index in [1.807, 2.05) is 11.0 Å².